The molecule has 1 heterocycles. The molecule has 3 nitrogen and oxygen atoms in total. The van der Waals surface area contributed by atoms with E-state index in [4.69, 9.17) is 9.47 Å². The number of hydrogen-bond acceptors (Lipinski definition) is 3. The molecule has 0 amide bonds. The smallest absolute Gasteiger partial charge is 0.169 e. The van der Waals surface area contributed by atoms with E-state index < -0.39 is 0 Å². The monoisotopic (exact) mass is 216 g/mol. The van der Waals surface area contributed by atoms with Gasteiger partial charge in [-0.15, -0.1) is 0 Å². The minimum Gasteiger partial charge on any atom is -0.507 e. The Balaban J connectivity index is 2.38. The molecule has 3 heteroatoms. The van der Waals surface area contributed by atoms with Gasteiger partial charge in [-0.1, -0.05) is 0 Å². The van der Waals surface area contributed by atoms with E-state index in [1.165, 1.54) is 0 Å². The van der Waals surface area contributed by atoms with Gasteiger partial charge in [-0.25, -0.2) is 0 Å². The van der Waals surface area contributed by atoms with Gasteiger partial charge in [0.25, 0.3) is 0 Å². The summed E-state index contributed by atoms with van der Waals surface area (Å²) < 4.78 is 11.1. The Kier molecular flexibility index (Phi) is 1.93. The first-order chi connectivity index (χ1) is 7.75. The molecule has 3 rings (SSSR count). The van der Waals surface area contributed by atoms with Crippen LogP contribution in [0.1, 0.15) is 5.56 Å². The Morgan fingerprint density at radius 2 is 1.88 bits per heavy atom. The van der Waals surface area contributed by atoms with Crippen molar-refractivity contribution in [1.82, 2.24) is 0 Å². The van der Waals surface area contributed by atoms with Gasteiger partial charge in [0, 0.05) is 10.8 Å². The Morgan fingerprint density at radius 1 is 1.06 bits per heavy atom. The van der Waals surface area contributed by atoms with Gasteiger partial charge in [-0.3, -0.25) is 0 Å². The number of phenols is 1. The first-order valence-corrected chi connectivity index (χ1v) is 5.27. The first-order valence-electron chi connectivity index (χ1n) is 5.27. The van der Waals surface area contributed by atoms with E-state index in [0.717, 1.165) is 27.8 Å². The zero-order valence-electron chi connectivity index (χ0n) is 8.99. The molecule has 0 aromatic heterocycles. The largest absolute Gasteiger partial charge is 0.507 e. The average Bonchev–Trinajstić information content (AvgIpc) is 2.28. The van der Waals surface area contributed by atoms with Crippen molar-refractivity contribution in [3.63, 3.8) is 0 Å². The minimum atomic E-state index is 0.284. The molecule has 82 valence electrons. The fourth-order valence-corrected chi connectivity index (χ4v) is 2.07. The van der Waals surface area contributed by atoms with Gasteiger partial charge in [-0.2, -0.15) is 0 Å². The third-order valence-electron chi connectivity index (χ3n) is 2.76. The lowest BCUT2D eigenvalue weighted by Crippen LogP contribution is -2.15. The molecule has 0 saturated heterocycles. The topological polar surface area (TPSA) is 38.7 Å². The van der Waals surface area contributed by atoms with Crippen molar-refractivity contribution in [2.45, 2.75) is 6.92 Å². The number of benzene rings is 2. The highest BCUT2D eigenvalue weighted by molar-refractivity contribution is 5.95. The molecule has 0 aliphatic carbocycles. The van der Waals surface area contributed by atoms with Crippen molar-refractivity contribution < 1.29 is 14.6 Å². The maximum absolute atomic E-state index is 9.86. The van der Waals surface area contributed by atoms with Crippen molar-refractivity contribution in [3.05, 3.63) is 29.8 Å². The molecule has 16 heavy (non-hydrogen) atoms. The molecule has 0 radical (unpaired) electrons. The molecule has 0 spiro atoms. The van der Waals surface area contributed by atoms with E-state index in [2.05, 4.69) is 0 Å². The van der Waals surface area contributed by atoms with Crippen LogP contribution in [0.2, 0.25) is 0 Å². The van der Waals surface area contributed by atoms with Crippen LogP contribution in [-0.4, -0.2) is 18.3 Å². The van der Waals surface area contributed by atoms with E-state index in [9.17, 15) is 5.11 Å². The second-order valence-electron chi connectivity index (χ2n) is 3.97. The van der Waals surface area contributed by atoms with Gasteiger partial charge in [0.1, 0.15) is 19.0 Å². The number of hydrogen-bond donors (Lipinski definition) is 1. The maximum Gasteiger partial charge on any atom is 0.169 e. The van der Waals surface area contributed by atoms with E-state index in [1.54, 1.807) is 6.07 Å². The molecule has 0 atom stereocenters. The molecule has 1 N–H and O–H groups in total. The van der Waals surface area contributed by atoms with Gasteiger partial charge in [0.15, 0.2) is 11.5 Å². The van der Waals surface area contributed by atoms with Gasteiger partial charge in [0.2, 0.25) is 0 Å². The number of fused-ring (bicyclic) bond motifs is 3. The highest BCUT2D eigenvalue weighted by Gasteiger charge is 2.16. The first kappa shape index (κ1) is 9.33. The second-order valence-corrected chi connectivity index (χ2v) is 3.97. The molecule has 2 aromatic rings. The predicted molar refractivity (Wildman–Crippen MR) is 61.3 cm³/mol. The quantitative estimate of drug-likeness (QED) is 0.735. The number of phenolic OH excluding ortho intramolecular Hbond substituents is 1. The molecule has 0 bridgehead atoms. The number of rotatable bonds is 0. The van der Waals surface area contributed by atoms with E-state index >= 15 is 0 Å². The summed E-state index contributed by atoms with van der Waals surface area (Å²) in [5, 5.41) is 11.6. The summed E-state index contributed by atoms with van der Waals surface area (Å²) >= 11 is 0. The van der Waals surface area contributed by atoms with Crippen LogP contribution < -0.4 is 9.47 Å². The van der Waals surface area contributed by atoms with Gasteiger partial charge in [-0.05, 0) is 36.8 Å². The lowest BCUT2D eigenvalue weighted by Gasteiger charge is -2.20. The Hall–Kier alpha value is -1.90. The Bertz CT molecular complexity index is 561. The lowest BCUT2D eigenvalue weighted by molar-refractivity contribution is 0.174. The van der Waals surface area contributed by atoms with Gasteiger partial charge >= 0.3 is 0 Å². The summed E-state index contributed by atoms with van der Waals surface area (Å²) in [7, 11) is 0. The van der Waals surface area contributed by atoms with E-state index in [-0.39, 0.29) is 5.75 Å². The van der Waals surface area contributed by atoms with Crippen LogP contribution in [0.15, 0.2) is 24.3 Å². The highest BCUT2D eigenvalue weighted by Crippen LogP contribution is 2.40. The lowest BCUT2D eigenvalue weighted by atomic mass is 10.0. The fourth-order valence-electron chi connectivity index (χ4n) is 2.07. The zero-order valence-corrected chi connectivity index (χ0v) is 8.99. The van der Waals surface area contributed by atoms with Crippen LogP contribution in [0, 0.1) is 6.92 Å². The Labute approximate surface area is 93.2 Å². The second kappa shape index (κ2) is 3.30. The van der Waals surface area contributed by atoms with Crippen LogP contribution in [0.3, 0.4) is 0 Å². The number of ether oxygens (including phenoxy) is 2. The van der Waals surface area contributed by atoms with Crippen molar-refractivity contribution in [3.8, 4) is 17.2 Å². The molecule has 0 fully saturated rings. The highest BCUT2D eigenvalue weighted by atomic mass is 16.6. The molecule has 2 aromatic carbocycles. The normalized spacial score (nSPS) is 14.1. The van der Waals surface area contributed by atoms with Gasteiger partial charge in [0.05, 0.1) is 0 Å². The van der Waals surface area contributed by atoms with Crippen LogP contribution in [0.4, 0.5) is 0 Å². The molecule has 0 saturated carbocycles. The molecular weight excluding hydrogens is 204 g/mol. The predicted octanol–water partition coefficient (Wildman–Crippen LogP) is 2.63. The molecular formula is C13H12O3. The Morgan fingerprint density at radius 3 is 2.75 bits per heavy atom. The maximum atomic E-state index is 9.86. The average molecular weight is 216 g/mol. The van der Waals surface area contributed by atoms with E-state index in [1.807, 2.05) is 25.1 Å². The third-order valence-corrected chi connectivity index (χ3v) is 2.76. The van der Waals surface area contributed by atoms with Crippen molar-refractivity contribution in [1.29, 1.82) is 0 Å². The summed E-state index contributed by atoms with van der Waals surface area (Å²) in [6, 6.07) is 7.45. The summed E-state index contributed by atoms with van der Waals surface area (Å²) in [5.41, 5.74) is 1.01. The third kappa shape index (κ3) is 1.28. The molecule has 1 aliphatic rings. The summed E-state index contributed by atoms with van der Waals surface area (Å²) in [6.07, 6.45) is 0. The van der Waals surface area contributed by atoms with Crippen LogP contribution >= 0.6 is 0 Å². The SMILES string of the molecule is Cc1cc(O)c2ccc3c(c2c1)OCCO3. The zero-order chi connectivity index (χ0) is 11.1. The van der Waals surface area contributed by atoms with Crippen molar-refractivity contribution in [2.24, 2.45) is 0 Å². The number of aromatic hydroxyl groups is 1. The summed E-state index contributed by atoms with van der Waals surface area (Å²) in [6.45, 7) is 3.08. The molecule has 0 unspecified atom stereocenters. The van der Waals surface area contributed by atoms with Crippen molar-refractivity contribution in [2.75, 3.05) is 13.2 Å². The van der Waals surface area contributed by atoms with Gasteiger partial charge < -0.3 is 14.6 Å². The van der Waals surface area contributed by atoms with Crippen molar-refractivity contribution >= 4 is 10.8 Å². The van der Waals surface area contributed by atoms with Crippen LogP contribution in [0.25, 0.3) is 10.8 Å². The van der Waals surface area contributed by atoms with Crippen LogP contribution in [-0.2, 0) is 0 Å². The summed E-state index contributed by atoms with van der Waals surface area (Å²) in [4.78, 5) is 0. The summed E-state index contributed by atoms with van der Waals surface area (Å²) in [5.74, 6) is 1.78. The number of aryl methyl sites for hydroxylation is 1. The minimum absolute atomic E-state index is 0.284. The molecule has 1 aliphatic heterocycles. The van der Waals surface area contributed by atoms with E-state index in [0.29, 0.717) is 13.2 Å². The fraction of sp³-hybridized carbons (Fsp3) is 0.231. The standard InChI is InChI=1S/C13H12O3/c1-8-6-10-9(11(14)7-8)2-3-12-13(10)16-5-4-15-12/h2-3,6-7,14H,4-5H2,1H3. The van der Waals surface area contributed by atoms with Crippen LogP contribution in [0.5, 0.6) is 17.2 Å².